The Kier molecular flexibility index (Phi) is 3.92. The van der Waals surface area contributed by atoms with Crippen molar-refractivity contribution in [2.24, 2.45) is 5.92 Å². The van der Waals surface area contributed by atoms with E-state index in [0.717, 1.165) is 18.9 Å². The minimum absolute atomic E-state index is 0.0510. The fourth-order valence-electron chi connectivity index (χ4n) is 2.10. The molecular weight excluding hydrogens is 263 g/mol. The third-order valence-electron chi connectivity index (χ3n) is 3.71. The largest absolute Gasteiger partial charge is 0.478 e. The number of nitrogens with one attached hydrogen (secondary N) is 1. The van der Waals surface area contributed by atoms with Crippen LogP contribution >= 0.6 is 0 Å². The van der Waals surface area contributed by atoms with Crippen LogP contribution in [0.1, 0.15) is 30.1 Å². The van der Waals surface area contributed by atoms with Gasteiger partial charge >= 0.3 is 12.0 Å². The van der Waals surface area contributed by atoms with Crippen LogP contribution in [0.4, 0.5) is 14.9 Å². The number of nitrogens with zero attached hydrogens (tertiary/aromatic N) is 1. The zero-order valence-electron chi connectivity index (χ0n) is 11.4. The number of aromatic carboxylic acids is 1. The Bertz CT molecular complexity index is 543. The van der Waals surface area contributed by atoms with E-state index < -0.39 is 17.8 Å². The van der Waals surface area contributed by atoms with Gasteiger partial charge in [0.25, 0.3) is 0 Å². The highest BCUT2D eigenvalue weighted by Gasteiger charge is 2.32. The molecule has 1 saturated carbocycles. The standard InChI is InChI=1S/C14H17FN2O3/c1-8(9-6-7-9)17(2)14(20)16-12-10(13(18)19)4-3-5-11(12)15/h3-5,8-9H,6-7H2,1-2H3,(H,16,20)(H,18,19). The lowest BCUT2D eigenvalue weighted by Crippen LogP contribution is -2.39. The molecule has 2 amide bonds. The van der Waals surface area contributed by atoms with Crippen molar-refractivity contribution in [1.82, 2.24) is 4.90 Å². The molecule has 6 heteroatoms. The number of urea groups is 1. The minimum atomic E-state index is -1.28. The van der Waals surface area contributed by atoms with Gasteiger partial charge in [0.05, 0.1) is 11.3 Å². The van der Waals surface area contributed by atoms with E-state index in [9.17, 15) is 14.0 Å². The fourth-order valence-corrected chi connectivity index (χ4v) is 2.10. The lowest BCUT2D eigenvalue weighted by molar-refractivity contribution is 0.0697. The highest BCUT2D eigenvalue weighted by atomic mass is 19.1. The van der Waals surface area contributed by atoms with E-state index in [-0.39, 0.29) is 17.3 Å². The SMILES string of the molecule is CC(C1CC1)N(C)C(=O)Nc1c(F)cccc1C(=O)O. The topological polar surface area (TPSA) is 69.6 Å². The maximum Gasteiger partial charge on any atom is 0.337 e. The summed E-state index contributed by atoms with van der Waals surface area (Å²) in [4.78, 5) is 24.6. The molecule has 1 aromatic rings. The second kappa shape index (κ2) is 5.48. The molecule has 1 aliphatic carbocycles. The maximum absolute atomic E-state index is 13.7. The number of carbonyl (C=O) groups is 2. The molecule has 1 aromatic carbocycles. The van der Waals surface area contributed by atoms with E-state index in [1.165, 1.54) is 17.0 Å². The molecule has 0 radical (unpaired) electrons. The van der Waals surface area contributed by atoms with Crippen molar-refractivity contribution in [3.63, 3.8) is 0 Å². The molecule has 108 valence electrons. The zero-order valence-corrected chi connectivity index (χ0v) is 11.4. The third kappa shape index (κ3) is 2.89. The number of carboxylic acids is 1. The van der Waals surface area contributed by atoms with Crippen molar-refractivity contribution in [2.45, 2.75) is 25.8 Å². The summed E-state index contributed by atoms with van der Waals surface area (Å²) in [7, 11) is 1.62. The average Bonchev–Trinajstić information content (AvgIpc) is 3.23. The molecule has 5 nitrogen and oxygen atoms in total. The van der Waals surface area contributed by atoms with Gasteiger partial charge in [0.1, 0.15) is 5.82 Å². The van der Waals surface area contributed by atoms with E-state index in [4.69, 9.17) is 5.11 Å². The first-order valence-corrected chi connectivity index (χ1v) is 6.47. The average molecular weight is 280 g/mol. The van der Waals surface area contributed by atoms with Crippen LogP contribution in [-0.2, 0) is 0 Å². The number of benzene rings is 1. The van der Waals surface area contributed by atoms with E-state index in [1.807, 2.05) is 6.92 Å². The first-order chi connectivity index (χ1) is 9.41. The Morgan fingerprint density at radius 2 is 2.10 bits per heavy atom. The second-order valence-corrected chi connectivity index (χ2v) is 5.09. The number of carboxylic acid groups (broad SMARTS) is 1. The van der Waals surface area contributed by atoms with Crippen molar-refractivity contribution in [2.75, 3.05) is 12.4 Å². The van der Waals surface area contributed by atoms with Crippen molar-refractivity contribution in [1.29, 1.82) is 0 Å². The molecule has 0 bridgehead atoms. The molecule has 1 unspecified atom stereocenters. The number of hydrogen-bond acceptors (Lipinski definition) is 2. The predicted octanol–water partition coefficient (Wildman–Crippen LogP) is 2.79. The molecular formula is C14H17FN2O3. The number of amides is 2. The summed E-state index contributed by atoms with van der Waals surface area (Å²) >= 11 is 0. The molecule has 2 rings (SSSR count). The van der Waals surface area contributed by atoms with Crippen molar-refractivity contribution < 1.29 is 19.1 Å². The summed E-state index contributed by atoms with van der Waals surface area (Å²) in [5, 5.41) is 11.4. The molecule has 0 heterocycles. The van der Waals surface area contributed by atoms with Crippen molar-refractivity contribution >= 4 is 17.7 Å². The van der Waals surface area contributed by atoms with E-state index >= 15 is 0 Å². The fraction of sp³-hybridized carbons (Fsp3) is 0.429. The summed E-state index contributed by atoms with van der Waals surface area (Å²) in [5.74, 6) is -1.56. The molecule has 0 aliphatic heterocycles. The smallest absolute Gasteiger partial charge is 0.337 e. The Morgan fingerprint density at radius 1 is 1.45 bits per heavy atom. The van der Waals surface area contributed by atoms with Gasteiger partial charge in [-0.3, -0.25) is 0 Å². The molecule has 2 N–H and O–H groups in total. The van der Waals surface area contributed by atoms with Crippen LogP contribution in [0.2, 0.25) is 0 Å². The van der Waals surface area contributed by atoms with Gasteiger partial charge in [-0.25, -0.2) is 14.0 Å². The minimum Gasteiger partial charge on any atom is -0.478 e. The summed E-state index contributed by atoms with van der Waals surface area (Å²) in [6, 6.07) is 3.22. The number of anilines is 1. The lowest BCUT2D eigenvalue weighted by atomic mass is 10.1. The molecule has 1 aliphatic rings. The molecule has 1 atom stereocenters. The van der Waals surface area contributed by atoms with Crippen LogP contribution in [0, 0.1) is 11.7 Å². The third-order valence-corrected chi connectivity index (χ3v) is 3.71. The molecule has 1 fully saturated rings. The lowest BCUT2D eigenvalue weighted by Gasteiger charge is -2.25. The van der Waals surface area contributed by atoms with Gasteiger partial charge in [-0.15, -0.1) is 0 Å². The van der Waals surface area contributed by atoms with E-state index in [0.29, 0.717) is 5.92 Å². The number of para-hydroxylation sites is 1. The second-order valence-electron chi connectivity index (χ2n) is 5.09. The van der Waals surface area contributed by atoms with Crippen LogP contribution in [0.25, 0.3) is 0 Å². The number of hydrogen-bond donors (Lipinski definition) is 2. The molecule has 0 saturated heterocycles. The van der Waals surface area contributed by atoms with Crippen LogP contribution in [0.3, 0.4) is 0 Å². The number of halogens is 1. The number of carbonyl (C=O) groups excluding carboxylic acids is 1. The van der Waals surface area contributed by atoms with Crippen molar-refractivity contribution in [3.05, 3.63) is 29.6 Å². The van der Waals surface area contributed by atoms with Gasteiger partial charge in [0.2, 0.25) is 0 Å². The summed E-state index contributed by atoms with van der Waals surface area (Å²) in [5.41, 5.74) is -0.550. The van der Waals surface area contributed by atoms with E-state index in [1.54, 1.807) is 7.05 Å². The summed E-state index contributed by atoms with van der Waals surface area (Å²) < 4.78 is 13.7. The van der Waals surface area contributed by atoms with Crippen LogP contribution in [0.5, 0.6) is 0 Å². The Morgan fingerprint density at radius 3 is 2.65 bits per heavy atom. The predicted molar refractivity (Wildman–Crippen MR) is 72.3 cm³/mol. The molecule has 0 aromatic heterocycles. The normalized spacial score (nSPS) is 15.6. The van der Waals surface area contributed by atoms with Gasteiger partial charge in [-0.2, -0.15) is 0 Å². The Balaban J connectivity index is 2.16. The van der Waals surface area contributed by atoms with Crippen LogP contribution in [-0.4, -0.2) is 35.1 Å². The van der Waals surface area contributed by atoms with E-state index in [2.05, 4.69) is 5.32 Å². The van der Waals surface area contributed by atoms with Gasteiger partial charge in [0.15, 0.2) is 0 Å². The van der Waals surface area contributed by atoms with Gasteiger partial charge in [0, 0.05) is 13.1 Å². The van der Waals surface area contributed by atoms with Crippen LogP contribution < -0.4 is 5.32 Å². The van der Waals surface area contributed by atoms with Crippen LogP contribution in [0.15, 0.2) is 18.2 Å². The molecule has 0 spiro atoms. The highest BCUT2D eigenvalue weighted by Crippen LogP contribution is 2.34. The van der Waals surface area contributed by atoms with Crippen molar-refractivity contribution in [3.8, 4) is 0 Å². The first kappa shape index (κ1) is 14.3. The Labute approximate surface area is 116 Å². The summed E-state index contributed by atoms with van der Waals surface area (Å²) in [6.45, 7) is 1.93. The summed E-state index contributed by atoms with van der Waals surface area (Å²) in [6.07, 6.45) is 2.16. The van der Waals surface area contributed by atoms with Gasteiger partial charge in [-0.1, -0.05) is 6.07 Å². The maximum atomic E-state index is 13.7. The Hall–Kier alpha value is -2.11. The quantitative estimate of drug-likeness (QED) is 0.891. The number of rotatable bonds is 4. The zero-order chi connectivity index (χ0) is 14.9. The van der Waals surface area contributed by atoms with Gasteiger partial charge in [-0.05, 0) is 37.8 Å². The highest BCUT2D eigenvalue weighted by molar-refractivity contribution is 6.00. The van der Waals surface area contributed by atoms with Gasteiger partial charge < -0.3 is 15.3 Å². The first-order valence-electron chi connectivity index (χ1n) is 6.47. The molecule has 20 heavy (non-hydrogen) atoms. The monoisotopic (exact) mass is 280 g/mol.